The Labute approximate surface area is 149 Å². The number of carbonyl (C=O) groups is 1. The van der Waals surface area contributed by atoms with Crippen LogP contribution in [0.1, 0.15) is 11.1 Å². The average molecular weight is 350 g/mol. The number of thiophene rings is 1. The second-order valence-electron chi connectivity index (χ2n) is 5.95. The summed E-state index contributed by atoms with van der Waals surface area (Å²) in [6.45, 7) is 0.987. The minimum Gasteiger partial charge on any atom is -0.384 e. The number of likely N-dealkylation sites (N-methyl/N-ethyl adjacent to an activating group) is 1. The molecule has 0 aliphatic carbocycles. The molecule has 0 unspecified atom stereocenters. The molecule has 0 atom stereocenters. The maximum absolute atomic E-state index is 11.5. The van der Waals surface area contributed by atoms with Crippen LogP contribution in [0.2, 0.25) is 0 Å². The Balaban J connectivity index is 1.84. The van der Waals surface area contributed by atoms with Crippen LogP contribution in [0.5, 0.6) is 0 Å². The van der Waals surface area contributed by atoms with E-state index in [1.807, 2.05) is 0 Å². The zero-order chi connectivity index (χ0) is 17.4. The number of amides is 1. The number of nitrogens with one attached hydrogen (secondary N) is 2. The van der Waals surface area contributed by atoms with Gasteiger partial charge in [-0.15, -0.1) is 11.3 Å². The summed E-state index contributed by atoms with van der Waals surface area (Å²) in [7, 11) is 1.61. The number of hydrogen-bond donors (Lipinski definition) is 3. The van der Waals surface area contributed by atoms with Crippen LogP contribution in [0.3, 0.4) is 0 Å². The highest BCUT2D eigenvalue weighted by Crippen LogP contribution is 2.40. The topological polar surface area (TPSA) is 80.0 Å². The van der Waals surface area contributed by atoms with E-state index in [1.165, 1.54) is 17.3 Å². The van der Waals surface area contributed by atoms with E-state index in [-0.39, 0.29) is 5.91 Å². The van der Waals surface area contributed by atoms with Crippen molar-refractivity contribution in [2.24, 2.45) is 0 Å². The lowest BCUT2D eigenvalue weighted by Gasteiger charge is -2.06. The molecule has 0 radical (unpaired) electrons. The maximum atomic E-state index is 11.5. The monoisotopic (exact) mass is 350 g/mol. The smallest absolute Gasteiger partial charge is 0.243 e. The van der Waals surface area contributed by atoms with Crippen molar-refractivity contribution >= 4 is 44.9 Å². The van der Waals surface area contributed by atoms with Gasteiger partial charge in [0.05, 0.1) is 0 Å². The molecule has 1 aromatic carbocycles. The number of nitrogens with zero attached hydrogens (tertiary/aromatic N) is 1. The molecule has 25 heavy (non-hydrogen) atoms. The van der Waals surface area contributed by atoms with Crippen LogP contribution in [-0.4, -0.2) is 24.5 Å². The van der Waals surface area contributed by atoms with Gasteiger partial charge in [0.2, 0.25) is 5.91 Å². The van der Waals surface area contributed by atoms with Gasteiger partial charge in [-0.1, -0.05) is 6.07 Å². The second-order valence-corrected chi connectivity index (χ2v) is 6.83. The van der Waals surface area contributed by atoms with Gasteiger partial charge < -0.3 is 16.4 Å². The standard InChI is InChI=1S/C19H18N4OS/c1-21-16(24)5-3-13-9-23-19(20)17-14(10-25-18(13)17)11-2-4-15-12(8-11)6-7-22-15/h2-5,8-10,22H,6-7H2,1H3,(H2,20,23)(H,21,24)/b5-3+. The highest BCUT2D eigenvalue weighted by molar-refractivity contribution is 7.18. The molecule has 0 bridgehead atoms. The molecule has 4 N–H and O–H groups in total. The lowest BCUT2D eigenvalue weighted by Crippen LogP contribution is -2.13. The van der Waals surface area contributed by atoms with Gasteiger partial charge in [0.15, 0.2) is 0 Å². The van der Waals surface area contributed by atoms with E-state index in [1.54, 1.807) is 30.7 Å². The minimum atomic E-state index is -0.145. The molecule has 6 heteroatoms. The first-order valence-electron chi connectivity index (χ1n) is 8.10. The Kier molecular flexibility index (Phi) is 3.89. The average Bonchev–Trinajstić information content (AvgIpc) is 3.27. The molecule has 0 spiro atoms. The quantitative estimate of drug-likeness (QED) is 0.633. The van der Waals surface area contributed by atoms with E-state index in [0.717, 1.165) is 39.7 Å². The molecule has 5 nitrogen and oxygen atoms in total. The van der Waals surface area contributed by atoms with Crippen molar-refractivity contribution in [1.82, 2.24) is 10.3 Å². The van der Waals surface area contributed by atoms with Gasteiger partial charge in [0.25, 0.3) is 0 Å². The minimum absolute atomic E-state index is 0.145. The lowest BCUT2D eigenvalue weighted by molar-refractivity contribution is -0.115. The Morgan fingerprint density at radius 1 is 1.44 bits per heavy atom. The normalized spacial score (nSPS) is 13.2. The number of hydrogen-bond acceptors (Lipinski definition) is 5. The summed E-state index contributed by atoms with van der Waals surface area (Å²) in [6, 6.07) is 6.47. The number of fused-ring (bicyclic) bond motifs is 2. The molecule has 0 fully saturated rings. The van der Waals surface area contributed by atoms with Crippen LogP contribution in [0.4, 0.5) is 11.5 Å². The molecule has 2 aromatic heterocycles. The second kappa shape index (κ2) is 6.22. The molecule has 3 heterocycles. The lowest BCUT2D eigenvalue weighted by atomic mass is 10.0. The SMILES string of the molecule is CNC(=O)/C=C/c1cnc(N)c2c(-c3ccc4c(c3)CCN4)csc12. The van der Waals surface area contributed by atoms with Crippen LogP contribution < -0.4 is 16.4 Å². The van der Waals surface area contributed by atoms with Crippen LogP contribution >= 0.6 is 11.3 Å². The molecule has 3 aromatic rings. The number of benzene rings is 1. The van der Waals surface area contributed by atoms with E-state index in [9.17, 15) is 4.79 Å². The summed E-state index contributed by atoms with van der Waals surface area (Å²) in [5.74, 6) is 0.370. The fourth-order valence-corrected chi connectivity index (χ4v) is 4.22. The van der Waals surface area contributed by atoms with Crippen molar-refractivity contribution in [2.45, 2.75) is 6.42 Å². The Hall–Kier alpha value is -2.86. The highest BCUT2D eigenvalue weighted by atomic mass is 32.1. The Bertz CT molecular complexity index is 1010. The van der Waals surface area contributed by atoms with Crippen molar-refractivity contribution in [1.29, 1.82) is 0 Å². The van der Waals surface area contributed by atoms with Gasteiger partial charge in [0, 0.05) is 52.8 Å². The van der Waals surface area contributed by atoms with Crippen molar-refractivity contribution < 1.29 is 4.79 Å². The zero-order valence-electron chi connectivity index (χ0n) is 13.8. The number of aromatic nitrogens is 1. The van der Waals surface area contributed by atoms with Crippen molar-refractivity contribution in [3.05, 3.63) is 47.0 Å². The van der Waals surface area contributed by atoms with Gasteiger partial charge in [0.1, 0.15) is 5.82 Å². The molecule has 0 saturated carbocycles. The predicted octanol–water partition coefficient (Wildman–Crippen LogP) is 3.27. The predicted molar refractivity (Wildman–Crippen MR) is 105 cm³/mol. The maximum Gasteiger partial charge on any atom is 0.243 e. The van der Waals surface area contributed by atoms with Gasteiger partial charge in [-0.2, -0.15) is 0 Å². The number of pyridine rings is 1. The number of rotatable bonds is 3. The van der Waals surface area contributed by atoms with Crippen LogP contribution in [0, 0.1) is 0 Å². The third kappa shape index (κ3) is 2.74. The summed E-state index contributed by atoms with van der Waals surface area (Å²) >= 11 is 1.62. The number of carbonyl (C=O) groups excluding carboxylic acids is 1. The van der Waals surface area contributed by atoms with Gasteiger partial charge in [-0.25, -0.2) is 4.98 Å². The molecule has 1 aliphatic rings. The number of nitrogen functional groups attached to an aromatic ring is 1. The third-order valence-corrected chi connectivity index (χ3v) is 5.47. The third-order valence-electron chi connectivity index (χ3n) is 4.44. The molecule has 1 aliphatic heterocycles. The van der Waals surface area contributed by atoms with E-state index < -0.39 is 0 Å². The van der Waals surface area contributed by atoms with Crippen LogP contribution in [0.15, 0.2) is 35.9 Å². The highest BCUT2D eigenvalue weighted by Gasteiger charge is 2.16. The van der Waals surface area contributed by atoms with Crippen molar-refractivity contribution in [3.63, 3.8) is 0 Å². The van der Waals surface area contributed by atoms with Gasteiger partial charge in [-0.3, -0.25) is 4.79 Å². The summed E-state index contributed by atoms with van der Waals surface area (Å²) in [6.07, 6.45) is 6.04. The molecule has 126 valence electrons. The van der Waals surface area contributed by atoms with E-state index in [2.05, 4.69) is 39.2 Å². The number of anilines is 2. The Morgan fingerprint density at radius 3 is 3.16 bits per heavy atom. The summed E-state index contributed by atoms with van der Waals surface area (Å²) < 4.78 is 1.04. The van der Waals surface area contributed by atoms with E-state index in [4.69, 9.17) is 5.73 Å². The van der Waals surface area contributed by atoms with E-state index >= 15 is 0 Å². The zero-order valence-corrected chi connectivity index (χ0v) is 14.6. The van der Waals surface area contributed by atoms with Crippen LogP contribution in [0.25, 0.3) is 27.3 Å². The van der Waals surface area contributed by atoms with Crippen molar-refractivity contribution in [2.75, 3.05) is 24.6 Å². The summed E-state index contributed by atoms with van der Waals surface area (Å²) in [4.78, 5) is 15.8. The Morgan fingerprint density at radius 2 is 2.32 bits per heavy atom. The first-order valence-corrected chi connectivity index (χ1v) is 8.98. The largest absolute Gasteiger partial charge is 0.384 e. The first kappa shape index (κ1) is 15.7. The molecular weight excluding hydrogens is 332 g/mol. The molecule has 1 amide bonds. The van der Waals surface area contributed by atoms with Crippen molar-refractivity contribution in [3.8, 4) is 11.1 Å². The fourth-order valence-electron chi connectivity index (χ4n) is 3.14. The number of nitrogens with two attached hydrogens (primary N) is 1. The fraction of sp³-hybridized carbons (Fsp3) is 0.158. The van der Waals surface area contributed by atoms with Gasteiger partial charge in [-0.05, 0) is 41.1 Å². The van der Waals surface area contributed by atoms with Gasteiger partial charge >= 0.3 is 0 Å². The molecule has 0 saturated heterocycles. The molecule has 4 rings (SSSR count). The first-order chi connectivity index (χ1) is 12.2. The summed E-state index contributed by atoms with van der Waals surface area (Å²) in [5, 5.41) is 9.03. The molecular formula is C19H18N4OS. The van der Waals surface area contributed by atoms with Crippen LogP contribution in [-0.2, 0) is 11.2 Å². The summed E-state index contributed by atoms with van der Waals surface area (Å²) in [5.41, 5.74) is 11.9. The van der Waals surface area contributed by atoms with E-state index in [0.29, 0.717) is 5.82 Å².